The number of fused-ring (bicyclic) bond motifs is 5. The van der Waals surface area contributed by atoms with Gasteiger partial charge in [-0.3, -0.25) is 4.79 Å². The molecule has 4 aliphatic carbocycles. The molecule has 7 heteroatoms. The summed E-state index contributed by atoms with van der Waals surface area (Å²) in [5, 5.41) is 11.0. The lowest BCUT2D eigenvalue weighted by atomic mass is 9.47. The van der Waals surface area contributed by atoms with Gasteiger partial charge in [-0.15, -0.1) is 0 Å². The van der Waals surface area contributed by atoms with Crippen LogP contribution in [0.3, 0.4) is 0 Å². The van der Waals surface area contributed by atoms with Gasteiger partial charge in [-0.2, -0.15) is 0 Å². The average Bonchev–Trinajstić information content (AvgIpc) is 3.20. The average molecular weight is 534 g/mol. The predicted octanol–water partition coefficient (Wildman–Crippen LogP) is 5.66. The van der Waals surface area contributed by atoms with E-state index >= 15 is 0 Å². The van der Waals surface area contributed by atoms with Gasteiger partial charge in [0.05, 0.1) is 32.5 Å². The summed E-state index contributed by atoms with van der Waals surface area (Å²) >= 11 is 6.41. The van der Waals surface area contributed by atoms with Gasteiger partial charge in [0, 0.05) is 6.42 Å². The van der Waals surface area contributed by atoms with Gasteiger partial charge in [0.2, 0.25) is 5.75 Å². The van der Waals surface area contributed by atoms with Crippen LogP contribution in [0.4, 0.5) is 0 Å². The van der Waals surface area contributed by atoms with Gasteiger partial charge in [0.1, 0.15) is 0 Å². The summed E-state index contributed by atoms with van der Waals surface area (Å²) < 4.78 is 15.6. The molecule has 0 spiro atoms. The number of benzene rings is 1. The van der Waals surface area contributed by atoms with Crippen molar-refractivity contribution in [2.24, 2.45) is 34.3 Å². The van der Waals surface area contributed by atoms with Crippen LogP contribution in [-0.4, -0.2) is 44.9 Å². The molecule has 3 N–H and O–H groups in total. The van der Waals surface area contributed by atoms with Crippen LogP contribution in [0.15, 0.2) is 22.7 Å². The number of hydrogen-bond donors (Lipinski definition) is 2. The van der Waals surface area contributed by atoms with Crippen molar-refractivity contribution in [2.45, 2.75) is 77.7 Å². The highest BCUT2D eigenvalue weighted by atomic mass is 35.5. The van der Waals surface area contributed by atoms with Crippen molar-refractivity contribution >= 4 is 17.4 Å². The van der Waals surface area contributed by atoms with Crippen molar-refractivity contribution in [1.29, 1.82) is 0 Å². The van der Waals surface area contributed by atoms with E-state index in [1.54, 1.807) is 21.3 Å². The minimum absolute atomic E-state index is 0.111. The standard InChI is InChI=1S/C19H27ClO2.C11H17NO3/c1-18-10-8-15(21)17(20)14(18)4-3-11-12-5-6-16(22)19(12,2)9-7-13(11)18;1-13-9-6-8(4-5-12)7-10(14-2)11(9)15-3/h11-13,16,22H,3-10H2,1-2H3;6-7H,4-5,12H2,1-3H3/t11-,12-,13-,16-,18+,19-;/m0./s1. The first-order valence-electron chi connectivity index (χ1n) is 13.7. The summed E-state index contributed by atoms with van der Waals surface area (Å²) in [6.07, 6.45) is 8.90. The van der Waals surface area contributed by atoms with E-state index in [1.807, 2.05) is 12.1 Å². The number of rotatable bonds is 5. The molecular formula is C30H44ClNO5. The van der Waals surface area contributed by atoms with E-state index in [0.717, 1.165) is 44.1 Å². The molecule has 0 bridgehead atoms. The van der Waals surface area contributed by atoms with E-state index in [4.69, 9.17) is 31.5 Å². The number of ketones is 1. The third kappa shape index (κ3) is 4.90. The first-order valence-corrected chi connectivity index (χ1v) is 14.1. The van der Waals surface area contributed by atoms with Gasteiger partial charge in [-0.1, -0.05) is 25.4 Å². The Balaban J connectivity index is 0.000000188. The second-order valence-corrected chi connectivity index (χ2v) is 12.1. The van der Waals surface area contributed by atoms with Crippen LogP contribution < -0.4 is 19.9 Å². The molecule has 1 aromatic rings. The zero-order valence-corrected chi connectivity index (χ0v) is 23.8. The molecule has 6 nitrogen and oxygen atoms in total. The first kappa shape index (κ1) is 28.3. The Hall–Kier alpha value is -1.76. The fourth-order valence-corrected chi connectivity index (χ4v) is 8.47. The Bertz CT molecular complexity index is 1020. The number of allylic oxidation sites excluding steroid dienone is 1. The van der Waals surface area contributed by atoms with Crippen LogP contribution in [0.2, 0.25) is 0 Å². The topological polar surface area (TPSA) is 91.0 Å². The number of aliphatic hydroxyl groups is 1. The highest BCUT2D eigenvalue weighted by Crippen LogP contribution is 2.65. The second kappa shape index (κ2) is 11.2. The second-order valence-electron chi connectivity index (χ2n) is 11.8. The van der Waals surface area contributed by atoms with Gasteiger partial charge >= 0.3 is 0 Å². The van der Waals surface area contributed by atoms with Crippen molar-refractivity contribution in [2.75, 3.05) is 27.9 Å². The number of ether oxygens (including phenoxy) is 3. The maximum atomic E-state index is 12.0. The molecule has 3 fully saturated rings. The van der Waals surface area contributed by atoms with Crippen LogP contribution in [0.1, 0.15) is 70.8 Å². The summed E-state index contributed by atoms with van der Waals surface area (Å²) in [5.41, 5.74) is 8.10. The quantitative estimate of drug-likeness (QED) is 0.507. The van der Waals surface area contributed by atoms with Gasteiger partial charge in [-0.25, -0.2) is 0 Å². The molecule has 0 aromatic heterocycles. The summed E-state index contributed by atoms with van der Waals surface area (Å²) in [7, 11) is 4.79. The number of halogens is 1. The third-order valence-electron chi connectivity index (χ3n) is 10.2. The molecular weight excluding hydrogens is 490 g/mol. The number of hydrogen-bond acceptors (Lipinski definition) is 6. The van der Waals surface area contributed by atoms with Crippen molar-refractivity contribution in [1.82, 2.24) is 0 Å². The zero-order chi connectivity index (χ0) is 27.0. The summed E-state index contributed by atoms with van der Waals surface area (Å²) in [5.74, 6) is 4.13. The molecule has 0 amide bonds. The fraction of sp³-hybridized carbons (Fsp3) is 0.700. The third-order valence-corrected chi connectivity index (χ3v) is 10.6. The SMILES string of the molecule is COc1cc(CCN)cc(OC)c1OC.C[C@]12CC[C@H]3[C@@H](CCC4=C(Cl)C(=O)CC[C@@]43C)[C@@H]1CC[C@@H]2O. The Labute approximate surface area is 226 Å². The van der Waals surface area contributed by atoms with Crippen molar-refractivity contribution < 1.29 is 24.1 Å². The lowest BCUT2D eigenvalue weighted by Gasteiger charge is -2.57. The van der Waals surface area contributed by atoms with Crippen LogP contribution in [0, 0.1) is 28.6 Å². The van der Waals surface area contributed by atoms with Crippen LogP contribution in [0.5, 0.6) is 17.2 Å². The molecule has 3 saturated carbocycles. The van der Waals surface area contributed by atoms with E-state index in [0.29, 0.717) is 53.0 Å². The Morgan fingerprint density at radius 1 is 0.973 bits per heavy atom. The normalized spacial score (nSPS) is 34.5. The Morgan fingerprint density at radius 2 is 1.65 bits per heavy atom. The number of Topliss-reactive ketones (excluding diaryl/α,β-unsaturated/α-hetero) is 1. The highest BCUT2D eigenvalue weighted by molar-refractivity contribution is 6.43. The molecule has 37 heavy (non-hydrogen) atoms. The molecule has 0 heterocycles. The van der Waals surface area contributed by atoms with Gasteiger partial charge in [-0.05, 0) is 110 Å². The number of aliphatic hydroxyl groups excluding tert-OH is 1. The molecule has 1 aromatic carbocycles. The zero-order valence-electron chi connectivity index (χ0n) is 23.1. The lowest BCUT2D eigenvalue weighted by molar-refractivity contribution is -0.118. The number of nitrogens with two attached hydrogens (primary N) is 1. The number of methoxy groups -OCH3 is 3. The van der Waals surface area contributed by atoms with E-state index < -0.39 is 0 Å². The van der Waals surface area contributed by atoms with E-state index in [2.05, 4.69) is 13.8 Å². The monoisotopic (exact) mass is 533 g/mol. The summed E-state index contributed by atoms with van der Waals surface area (Å²) in [6, 6.07) is 3.82. The van der Waals surface area contributed by atoms with Gasteiger partial charge in [0.15, 0.2) is 17.3 Å². The van der Waals surface area contributed by atoms with E-state index in [1.165, 1.54) is 18.4 Å². The summed E-state index contributed by atoms with van der Waals surface area (Å²) in [4.78, 5) is 12.0. The molecule has 0 radical (unpaired) electrons. The smallest absolute Gasteiger partial charge is 0.203 e. The van der Waals surface area contributed by atoms with Crippen molar-refractivity contribution in [3.63, 3.8) is 0 Å². The lowest BCUT2D eigenvalue weighted by Crippen LogP contribution is -2.51. The summed E-state index contributed by atoms with van der Waals surface area (Å²) in [6.45, 7) is 5.28. The van der Waals surface area contributed by atoms with Gasteiger partial charge < -0.3 is 25.1 Å². The minimum Gasteiger partial charge on any atom is -0.493 e. The molecule has 206 valence electrons. The Kier molecular flexibility index (Phi) is 8.52. The minimum atomic E-state index is -0.111. The highest BCUT2D eigenvalue weighted by Gasteiger charge is 2.59. The van der Waals surface area contributed by atoms with Crippen LogP contribution >= 0.6 is 11.6 Å². The fourth-order valence-electron chi connectivity index (χ4n) is 8.07. The van der Waals surface area contributed by atoms with Crippen molar-refractivity contribution in [3.05, 3.63) is 28.3 Å². The first-order chi connectivity index (χ1) is 17.6. The number of carbonyl (C=O) groups excluding carboxylic acids is 1. The van der Waals surface area contributed by atoms with Crippen LogP contribution in [-0.2, 0) is 11.2 Å². The van der Waals surface area contributed by atoms with Crippen molar-refractivity contribution in [3.8, 4) is 17.2 Å². The molecule has 5 rings (SSSR count). The van der Waals surface area contributed by atoms with Crippen LogP contribution in [0.25, 0.3) is 0 Å². The maximum Gasteiger partial charge on any atom is 0.203 e. The largest absolute Gasteiger partial charge is 0.493 e. The van der Waals surface area contributed by atoms with E-state index in [-0.39, 0.29) is 22.7 Å². The van der Waals surface area contributed by atoms with Gasteiger partial charge in [0.25, 0.3) is 0 Å². The maximum absolute atomic E-state index is 12.0. The Morgan fingerprint density at radius 3 is 2.24 bits per heavy atom. The molecule has 0 aliphatic heterocycles. The molecule has 6 atom stereocenters. The predicted molar refractivity (Wildman–Crippen MR) is 146 cm³/mol. The molecule has 0 unspecified atom stereocenters. The molecule has 0 saturated heterocycles. The van der Waals surface area contributed by atoms with E-state index in [9.17, 15) is 9.90 Å². The molecule has 4 aliphatic rings. The number of carbonyl (C=O) groups is 1.